The highest BCUT2D eigenvalue weighted by Gasteiger charge is 2.52. The van der Waals surface area contributed by atoms with Crippen LogP contribution in [-0.4, -0.2) is 25.1 Å². The van der Waals surface area contributed by atoms with Gasteiger partial charge in [0.25, 0.3) is 10.0 Å². The van der Waals surface area contributed by atoms with Crippen LogP contribution in [-0.2, 0) is 32.4 Å². The Kier molecular flexibility index (Phi) is 7.51. The van der Waals surface area contributed by atoms with E-state index in [0.29, 0.717) is 24.1 Å². The number of nitriles is 1. The van der Waals surface area contributed by atoms with E-state index in [0.717, 1.165) is 29.5 Å². The molecule has 0 saturated heterocycles. The lowest BCUT2D eigenvalue weighted by Gasteiger charge is -2.29. The van der Waals surface area contributed by atoms with E-state index < -0.39 is 27.5 Å². The maximum Gasteiger partial charge on any atom is 0.339 e. The molecule has 2 aliphatic rings. The molecule has 1 unspecified atom stereocenters. The van der Waals surface area contributed by atoms with Crippen molar-refractivity contribution in [1.82, 2.24) is 0 Å². The minimum absolute atomic E-state index is 0.0296. The van der Waals surface area contributed by atoms with Crippen molar-refractivity contribution >= 4 is 21.7 Å². The zero-order valence-corrected chi connectivity index (χ0v) is 24.1. The van der Waals surface area contributed by atoms with E-state index in [1.807, 2.05) is 72.8 Å². The van der Waals surface area contributed by atoms with E-state index in [2.05, 4.69) is 4.72 Å². The number of rotatable bonds is 10. The zero-order chi connectivity index (χ0) is 30.0. The van der Waals surface area contributed by atoms with Crippen LogP contribution in [0.5, 0.6) is 0 Å². The quantitative estimate of drug-likeness (QED) is 0.205. The van der Waals surface area contributed by atoms with Crippen LogP contribution in [0.1, 0.15) is 41.0 Å². The number of hydrogen-bond donors (Lipinski definition) is 2. The first-order valence-electron chi connectivity index (χ1n) is 14.2. The molecular formula is C35H30N2O5S. The number of ether oxygens (including phenoxy) is 1. The molecule has 1 heterocycles. The average molecular weight is 591 g/mol. The van der Waals surface area contributed by atoms with E-state index in [4.69, 9.17) is 10.00 Å². The molecule has 0 bridgehead atoms. The summed E-state index contributed by atoms with van der Waals surface area (Å²) in [5.41, 5.74) is 2.25. The Bertz CT molecular complexity index is 1780. The molecule has 1 aliphatic heterocycles. The van der Waals surface area contributed by atoms with Crippen LogP contribution in [0.2, 0.25) is 0 Å². The number of esters is 1. The molecule has 1 saturated carbocycles. The number of aliphatic hydroxyl groups is 1. The first kappa shape index (κ1) is 28.3. The number of carbonyl (C=O) groups is 1. The summed E-state index contributed by atoms with van der Waals surface area (Å²) < 4.78 is 35.0. The van der Waals surface area contributed by atoms with Crippen LogP contribution < -0.4 is 4.72 Å². The van der Waals surface area contributed by atoms with Gasteiger partial charge in [-0.05, 0) is 71.8 Å². The summed E-state index contributed by atoms with van der Waals surface area (Å²) in [5, 5.41) is 21.0. The van der Waals surface area contributed by atoms with Gasteiger partial charge in [0.15, 0.2) is 5.60 Å². The third kappa shape index (κ3) is 5.90. The largest absolute Gasteiger partial charge is 0.507 e. The number of anilines is 1. The first-order chi connectivity index (χ1) is 20.8. The Hall–Kier alpha value is -4.87. The van der Waals surface area contributed by atoms with Crippen LogP contribution in [0.25, 0.3) is 0 Å². The van der Waals surface area contributed by atoms with Crippen LogP contribution in [0, 0.1) is 17.2 Å². The van der Waals surface area contributed by atoms with Crippen molar-refractivity contribution in [2.24, 2.45) is 5.92 Å². The smallest absolute Gasteiger partial charge is 0.339 e. The van der Waals surface area contributed by atoms with E-state index in [1.54, 1.807) is 18.2 Å². The van der Waals surface area contributed by atoms with Crippen molar-refractivity contribution in [2.75, 3.05) is 4.72 Å². The van der Waals surface area contributed by atoms with Gasteiger partial charge < -0.3 is 9.84 Å². The van der Waals surface area contributed by atoms with E-state index >= 15 is 0 Å². The number of hydrogen-bond acceptors (Lipinski definition) is 6. The van der Waals surface area contributed by atoms with Crippen LogP contribution in [0.3, 0.4) is 0 Å². The van der Waals surface area contributed by atoms with E-state index in [9.17, 15) is 18.3 Å². The van der Waals surface area contributed by atoms with E-state index in [1.165, 1.54) is 24.3 Å². The molecule has 0 radical (unpaired) electrons. The van der Waals surface area contributed by atoms with Gasteiger partial charge in [0.1, 0.15) is 5.76 Å². The molecule has 0 spiro atoms. The Balaban J connectivity index is 1.37. The second-order valence-electron chi connectivity index (χ2n) is 11.2. The third-order valence-corrected chi connectivity index (χ3v) is 9.45. The van der Waals surface area contributed by atoms with Crippen LogP contribution >= 0.6 is 0 Å². The molecule has 1 fully saturated rings. The van der Waals surface area contributed by atoms with Crippen molar-refractivity contribution < 1.29 is 23.1 Å². The summed E-state index contributed by atoms with van der Waals surface area (Å²) in [4.78, 5) is 13.7. The topological polar surface area (TPSA) is 116 Å². The summed E-state index contributed by atoms with van der Waals surface area (Å²) in [5.74, 6) is -0.963. The predicted molar refractivity (Wildman–Crippen MR) is 163 cm³/mol. The number of benzene rings is 4. The average Bonchev–Trinajstić information content (AvgIpc) is 3.82. The number of nitrogens with one attached hydrogen (secondary N) is 1. The predicted octanol–water partition coefficient (Wildman–Crippen LogP) is 6.45. The van der Waals surface area contributed by atoms with Crippen molar-refractivity contribution in [3.8, 4) is 6.07 Å². The van der Waals surface area contributed by atoms with Gasteiger partial charge in [-0.25, -0.2) is 13.2 Å². The zero-order valence-electron chi connectivity index (χ0n) is 23.3. The lowest BCUT2D eigenvalue weighted by atomic mass is 9.81. The Morgan fingerprint density at radius 3 is 2.05 bits per heavy atom. The molecule has 8 heteroatoms. The SMILES string of the molecule is N#Cc1ccc(S(=O)(=O)Nc2cccc(C(C3=C(O)C(Cc4ccccc4)(Cc4ccccc4)OC3=O)C3CC3)c2)cc1. The number of sulfonamides is 1. The first-order valence-corrected chi connectivity index (χ1v) is 15.6. The number of aliphatic hydroxyl groups excluding tert-OH is 1. The van der Waals surface area contributed by atoms with Crippen molar-refractivity contribution in [2.45, 2.75) is 42.1 Å². The fourth-order valence-corrected chi connectivity index (χ4v) is 6.92. The van der Waals surface area contributed by atoms with Crippen LogP contribution in [0.15, 0.2) is 125 Å². The molecule has 0 aromatic heterocycles. The summed E-state index contributed by atoms with van der Waals surface area (Å²) in [7, 11) is -3.93. The second kappa shape index (κ2) is 11.4. The standard InChI is InChI=1S/C35H30N2O5S/c36-23-26-14-18-30(19-15-26)43(40,41)37-29-13-7-12-28(20-29)31(27-16-17-27)32-33(38)35(42-34(32)39,21-24-8-3-1-4-9-24)22-25-10-5-2-6-11-25/h1-15,18-20,27,31,37-38H,16-17,21-22H2. The van der Waals surface area contributed by atoms with E-state index in [-0.39, 0.29) is 22.1 Å². The molecule has 43 heavy (non-hydrogen) atoms. The number of nitrogens with zero attached hydrogens (tertiary/aromatic N) is 1. The Morgan fingerprint density at radius 1 is 0.884 bits per heavy atom. The van der Waals surface area contributed by atoms with Gasteiger partial charge in [-0.1, -0.05) is 72.8 Å². The van der Waals surface area contributed by atoms with Gasteiger partial charge in [0.2, 0.25) is 0 Å². The van der Waals surface area contributed by atoms with Crippen LogP contribution in [0.4, 0.5) is 5.69 Å². The fourth-order valence-electron chi connectivity index (χ4n) is 5.87. The van der Waals surface area contributed by atoms with Gasteiger partial charge in [0, 0.05) is 24.4 Å². The minimum Gasteiger partial charge on any atom is -0.507 e. The Morgan fingerprint density at radius 2 is 1.49 bits per heavy atom. The number of cyclic esters (lactones) is 1. The lowest BCUT2D eigenvalue weighted by molar-refractivity contribution is -0.148. The Labute approximate surface area is 251 Å². The summed E-state index contributed by atoms with van der Waals surface area (Å²) in [6.07, 6.45) is 2.37. The number of carbonyl (C=O) groups excluding carboxylic acids is 1. The van der Waals surface area contributed by atoms with Crippen molar-refractivity contribution in [3.05, 3.63) is 143 Å². The van der Waals surface area contributed by atoms with Gasteiger partial charge in [-0.15, -0.1) is 0 Å². The summed E-state index contributed by atoms with van der Waals surface area (Å²) in [6, 6.07) is 33.9. The molecule has 216 valence electrons. The molecule has 4 aromatic carbocycles. The van der Waals surface area contributed by atoms with Crippen molar-refractivity contribution in [3.63, 3.8) is 0 Å². The molecule has 6 rings (SSSR count). The molecule has 1 atom stereocenters. The van der Waals surface area contributed by atoms with Gasteiger partial charge in [-0.2, -0.15) is 5.26 Å². The van der Waals surface area contributed by atoms with Gasteiger partial charge >= 0.3 is 5.97 Å². The molecule has 4 aromatic rings. The minimum atomic E-state index is -3.93. The molecule has 7 nitrogen and oxygen atoms in total. The normalized spacial score (nSPS) is 16.8. The highest BCUT2D eigenvalue weighted by molar-refractivity contribution is 7.92. The molecule has 0 amide bonds. The third-order valence-electron chi connectivity index (χ3n) is 8.06. The monoisotopic (exact) mass is 590 g/mol. The van der Waals surface area contributed by atoms with Gasteiger partial charge in [-0.3, -0.25) is 4.72 Å². The maximum atomic E-state index is 13.7. The maximum absolute atomic E-state index is 13.7. The molecular weight excluding hydrogens is 560 g/mol. The highest BCUT2D eigenvalue weighted by atomic mass is 32.2. The summed E-state index contributed by atoms with van der Waals surface area (Å²) in [6.45, 7) is 0. The van der Waals surface area contributed by atoms with Crippen molar-refractivity contribution in [1.29, 1.82) is 5.26 Å². The highest BCUT2D eigenvalue weighted by Crippen LogP contribution is 2.52. The van der Waals surface area contributed by atoms with Gasteiger partial charge in [0.05, 0.1) is 22.1 Å². The molecule has 2 N–H and O–H groups in total. The lowest BCUT2D eigenvalue weighted by Crippen LogP contribution is -2.37. The summed E-state index contributed by atoms with van der Waals surface area (Å²) >= 11 is 0. The second-order valence-corrected chi connectivity index (χ2v) is 12.8. The molecule has 1 aliphatic carbocycles. The fraction of sp³-hybridized carbons (Fsp3) is 0.200.